The number of nitrogens with zero attached hydrogens (tertiary/aromatic N) is 1. The van der Waals surface area contributed by atoms with Crippen molar-refractivity contribution in [1.82, 2.24) is 9.62 Å². The fourth-order valence-corrected chi connectivity index (χ4v) is 5.80. The van der Waals surface area contributed by atoms with Crippen LogP contribution in [0.3, 0.4) is 0 Å². The van der Waals surface area contributed by atoms with Crippen molar-refractivity contribution in [2.24, 2.45) is 5.92 Å². The number of carboxylic acid groups (broad SMARTS) is 1. The van der Waals surface area contributed by atoms with E-state index < -0.39 is 12.1 Å². The molecule has 1 atom stereocenters. The molecule has 5 nitrogen and oxygen atoms in total. The Balaban J connectivity index is 1.42. The molecule has 186 valence electrons. The summed E-state index contributed by atoms with van der Waals surface area (Å²) in [5.41, 5.74) is 3.64. The van der Waals surface area contributed by atoms with E-state index in [1.807, 2.05) is 17.4 Å². The molecule has 0 radical (unpaired) electrons. The predicted molar refractivity (Wildman–Crippen MR) is 136 cm³/mol. The van der Waals surface area contributed by atoms with Crippen LogP contribution in [0.2, 0.25) is 0 Å². The van der Waals surface area contributed by atoms with Crippen molar-refractivity contribution in [3.63, 3.8) is 0 Å². The van der Waals surface area contributed by atoms with Crippen molar-refractivity contribution in [1.29, 1.82) is 0 Å². The van der Waals surface area contributed by atoms with Gasteiger partial charge in [-0.1, -0.05) is 24.3 Å². The Morgan fingerprint density at radius 2 is 1.91 bits per heavy atom. The summed E-state index contributed by atoms with van der Waals surface area (Å²) < 4.78 is 15.9. The first-order valence-corrected chi connectivity index (χ1v) is 12.8. The van der Waals surface area contributed by atoms with Crippen molar-refractivity contribution in [2.75, 3.05) is 20.1 Å². The number of aryl methyl sites for hydroxylation is 1. The van der Waals surface area contributed by atoms with Crippen molar-refractivity contribution in [3.8, 4) is 0 Å². The quantitative estimate of drug-likeness (QED) is 0.355. The summed E-state index contributed by atoms with van der Waals surface area (Å²) in [6, 6.07) is 13.5. The molecule has 0 spiro atoms. The van der Waals surface area contributed by atoms with E-state index >= 15 is 0 Å². The SMILES string of the molecule is CN(C[C@H](O)CNC(C)(C)CC1Cc2ccccc2C1)Sc1cc(F)cc(CCCC(=O)O)c1. The lowest BCUT2D eigenvalue weighted by atomic mass is 9.88. The summed E-state index contributed by atoms with van der Waals surface area (Å²) in [5, 5.41) is 22.9. The van der Waals surface area contributed by atoms with E-state index in [2.05, 4.69) is 43.4 Å². The Kier molecular flexibility index (Phi) is 9.54. The van der Waals surface area contributed by atoms with Gasteiger partial charge in [-0.15, -0.1) is 0 Å². The van der Waals surface area contributed by atoms with Crippen LogP contribution in [-0.4, -0.2) is 52.3 Å². The second kappa shape index (κ2) is 12.2. The number of halogens is 1. The molecule has 0 unspecified atom stereocenters. The molecule has 0 amide bonds. The summed E-state index contributed by atoms with van der Waals surface area (Å²) >= 11 is 1.38. The van der Waals surface area contributed by atoms with Crippen LogP contribution in [0.25, 0.3) is 0 Å². The van der Waals surface area contributed by atoms with Crippen LogP contribution in [0.1, 0.15) is 49.8 Å². The van der Waals surface area contributed by atoms with Crippen LogP contribution in [-0.2, 0) is 24.1 Å². The van der Waals surface area contributed by atoms with E-state index in [9.17, 15) is 14.3 Å². The minimum Gasteiger partial charge on any atom is -0.481 e. The number of β-amino-alcohol motifs (C(OH)–C–C–N with tert-alkyl or cyclic N) is 1. The van der Waals surface area contributed by atoms with Gasteiger partial charge in [0.2, 0.25) is 0 Å². The molecular weight excluding hydrogens is 451 g/mol. The van der Waals surface area contributed by atoms with E-state index in [1.165, 1.54) is 35.2 Å². The molecule has 0 bridgehead atoms. The fourth-order valence-electron chi connectivity index (χ4n) is 4.82. The summed E-state index contributed by atoms with van der Waals surface area (Å²) in [5.74, 6) is -0.556. The zero-order valence-corrected chi connectivity index (χ0v) is 21.2. The number of carboxylic acids is 1. The number of nitrogens with one attached hydrogen (secondary N) is 1. The second-order valence-corrected chi connectivity index (χ2v) is 11.4. The second-order valence-electron chi connectivity index (χ2n) is 10.1. The van der Waals surface area contributed by atoms with E-state index in [-0.39, 0.29) is 17.8 Å². The Hall–Kier alpha value is -1.93. The Bertz CT molecular complexity index is 944. The number of hydrogen-bond donors (Lipinski definition) is 3. The van der Waals surface area contributed by atoms with Crippen molar-refractivity contribution < 1.29 is 19.4 Å². The third kappa shape index (κ3) is 8.69. The standard InChI is InChI=1S/C27H37FN2O3S/c1-27(2,16-20-11-21-8-4-5-9-22(21)12-20)29-17-24(31)18-30(3)34-25-14-19(13-23(28)15-25)7-6-10-26(32)33/h4-5,8-9,13-15,20,24,29,31H,6-7,10-12,16-18H2,1-3H3,(H,32,33)/t24-/m1/s1. The van der Waals surface area contributed by atoms with Crippen molar-refractivity contribution in [3.05, 3.63) is 65.0 Å². The van der Waals surface area contributed by atoms with E-state index in [1.54, 1.807) is 0 Å². The lowest BCUT2D eigenvalue weighted by Crippen LogP contribution is -2.46. The average Bonchev–Trinajstić information content (AvgIpc) is 3.13. The number of carbonyl (C=O) groups is 1. The molecule has 0 fully saturated rings. The Morgan fingerprint density at radius 3 is 2.56 bits per heavy atom. The summed E-state index contributed by atoms with van der Waals surface area (Å²) in [4.78, 5) is 11.5. The van der Waals surface area contributed by atoms with E-state index in [0.717, 1.165) is 29.7 Å². The van der Waals surface area contributed by atoms with Gasteiger partial charge in [-0.05, 0) is 106 Å². The highest BCUT2D eigenvalue weighted by Crippen LogP contribution is 2.32. The third-order valence-electron chi connectivity index (χ3n) is 6.27. The van der Waals surface area contributed by atoms with Crippen LogP contribution in [0.15, 0.2) is 47.4 Å². The number of fused-ring (bicyclic) bond motifs is 1. The smallest absolute Gasteiger partial charge is 0.303 e. The largest absolute Gasteiger partial charge is 0.481 e. The maximum Gasteiger partial charge on any atom is 0.303 e. The van der Waals surface area contributed by atoms with Gasteiger partial charge in [0.15, 0.2) is 0 Å². The molecule has 0 saturated carbocycles. The maximum atomic E-state index is 14.0. The molecule has 3 rings (SSSR count). The zero-order valence-electron chi connectivity index (χ0n) is 20.4. The van der Waals surface area contributed by atoms with Gasteiger partial charge in [0.05, 0.1) is 6.10 Å². The molecule has 3 N–H and O–H groups in total. The summed E-state index contributed by atoms with van der Waals surface area (Å²) in [6.07, 6.45) is 3.81. The Morgan fingerprint density at radius 1 is 1.24 bits per heavy atom. The highest BCUT2D eigenvalue weighted by atomic mass is 32.2. The first kappa shape index (κ1) is 26.7. The topological polar surface area (TPSA) is 72.8 Å². The van der Waals surface area contributed by atoms with Gasteiger partial charge in [-0.2, -0.15) is 0 Å². The van der Waals surface area contributed by atoms with E-state index in [0.29, 0.717) is 31.8 Å². The first-order chi connectivity index (χ1) is 16.1. The van der Waals surface area contributed by atoms with E-state index in [4.69, 9.17) is 5.11 Å². The van der Waals surface area contributed by atoms with Crippen LogP contribution in [0.5, 0.6) is 0 Å². The van der Waals surface area contributed by atoms with Gasteiger partial charge in [-0.3, -0.25) is 4.79 Å². The number of aliphatic carboxylic acids is 1. The van der Waals surface area contributed by atoms with Gasteiger partial charge in [0.1, 0.15) is 5.82 Å². The predicted octanol–water partition coefficient (Wildman–Crippen LogP) is 4.71. The summed E-state index contributed by atoms with van der Waals surface area (Å²) in [6.45, 7) is 5.31. The highest BCUT2D eigenvalue weighted by molar-refractivity contribution is 7.97. The molecule has 34 heavy (non-hydrogen) atoms. The lowest BCUT2D eigenvalue weighted by molar-refractivity contribution is -0.137. The number of aliphatic hydroxyl groups is 1. The maximum absolute atomic E-state index is 14.0. The Labute approximate surface area is 206 Å². The van der Waals surface area contributed by atoms with Crippen LogP contribution in [0, 0.1) is 11.7 Å². The molecule has 7 heteroatoms. The molecule has 0 aromatic heterocycles. The average molecular weight is 489 g/mol. The number of hydrogen-bond acceptors (Lipinski definition) is 5. The number of aliphatic hydroxyl groups excluding tert-OH is 1. The molecule has 1 aliphatic carbocycles. The lowest BCUT2D eigenvalue weighted by Gasteiger charge is -2.31. The molecule has 2 aromatic carbocycles. The fraction of sp³-hybridized carbons (Fsp3) is 0.519. The highest BCUT2D eigenvalue weighted by Gasteiger charge is 2.28. The van der Waals surface area contributed by atoms with Crippen LogP contribution < -0.4 is 5.32 Å². The molecule has 0 heterocycles. The molecule has 1 aliphatic rings. The first-order valence-electron chi connectivity index (χ1n) is 12.0. The number of benzene rings is 2. The molecule has 0 aliphatic heterocycles. The van der Waals surface area contributed by atoms with Gasteiger partial charge in [0, 0.05) is 29.9 Å². The van der Waals surface area contributed by atoms with Gasteiger partial charge in [0.25, 0.3) is 0 Å². The minimum absolute atomic E-state index is 0.0715. The van der Waals surface area contributed by atoms with Crippen molar-refractivity contribution in [2.45, 2.75) is 68.9 Å². The summed E-state index contributed by atoms with van der Waals surface area (Å²) in [7, 11) is 1.88. The van der Waals surface area contributed by atoms with Gasteiger partial charge >= 0.3 is 5.97 Å². The molecular formula is C27H37FN2O3S. The third-order valence-corrected chi connectivity index (χ3v) is 7.17. The monoisotopic (exact) mass is 488 g/mol. The van der Waals surface area contributed by atoms with Gasteiger partial charge in [-0.25, -0.2) is 8.70 Å². The van der Waals surface area contributed by atoms with Crippen LogP contribution >= 0.6 is 11.9 Å². The van der Waals surface area contributed by atoms with Crippen LogP contribution in [0.4, 0.5) is 4.39 Å². The molecule has 2 aromatic rings. The van der Waals surface area contributed by atoms with Crippen molar-refractivity contribution >= 4 is 17.9 Å². The molecule has 0 saturated heterocycles. The van der Waals surface area contributed by atoms with Gasteiger partial charge < -0.3 is 15.5 Å². The minimum atomic E-state index is -0.843. The zero-order chi connectivity index (χ0) is 24.7. The number of rotatable bonds is 13. The normalized spacial score (nSPS) is 15.0. The number of likely N-dealkylation sites (N-methyl/N-ethyl adjacent to an activating group) is 1.